The van der Waals surface area contributed by atoms with Crippen LogP contribution in [0.4, 0.5) is 0 Å². The number of aromatic hydroxyl groups is 1. The Morgan fingerprint density at radius 1 is 1.11 bits per heavy atom. The molecule has 2 unspecified atom stereocenters. The van der Waals surface area contributed by atoms with E-state index >= 15 is 0 Å². The third-order valence-electron chi connectivity index (χ3n) is 6.74. The Kier molecular flexibility index (Phi) is 9.44. The summed E-state index contributed by atoms with van der Waals surface area (Å²) in [7, 11) is 0. The zero-order valence-electron chi connectivity index (χ0n) is 21.9. The van der Waals surface area contributed by atoms with Crippen LogP contribution in [0.15, 0.2) is 12.1 Å². The van der Waals surface area contributed by atoms with Crippen molar-refractivity contribution in [3.63, 3.8) is 0 Å². The van der Waals surface area contributed by atoms with Gasteiger partial charge in [-0.15, -0.1) is 0 Å². The molecule has 0 saturated carbocycles. The minimum Gasteiger partial charge on any atom is -0.507 e. The summed E-state index contributed by atoms with van der Waals surface area (Å²) in [5, 5.41) is 66.4. The topological polar surface area (TPSA) is 228 Å². The number of aryl methyl sites for hydroxylation is 1. The number of aliphatic hydroxyl groups is 5. The quantitative estimate of drug-likeness (QED) is 0.148. The zero-order chi connectivity index (χ0) is 29.1. The van der Waals surface area contributed by atoms with Gasteiger partial charge in [-0.1, -0.05) is 6.07 Å². The molecule has 1 aromatic rings. The molecule has 12 nitrogen and oxygen atoms in total. The van der Waals surface area contributed by atoms with Crippen LogP contribution in [0.25, 0.3) is 0 Å². The highest BCUT2D eigenvalue weighted by Gasteiger charge is 2.57. The van der Waals surface area contributed by atoms with Gasteiger partial charge in [0.05, 0.1) is 24.2 Å². The first-order valence-corrected chi connectivity index (χ1v) is 12.3. The predicted octanol–water partition coefficient (Wildman–Crippen LogP) is -1.23. The number of carbonyl (C=O) groups excluding carboxylic acids is 4. The lowest BCUT2D eigenvalue weighted by Gasteiger charge is -2.46. The second-order valence-corrected chi connectivity index (χ2v) is 11.2. The Morgan fingerprint density at radius 2 is 1.74 bits per heavy atom. The molecule has 0 heterocycles. The van der Waals surface area contributed by atoms with E-state index in [-0.39, 0.29) is 42.0 Å². The fraction of sp³-hybridized carbons (Fsp3) is 0.615. The number of Topliss-reactive ketones (excluding diaryl/α,β-unsaturated/α-hetero) is 2. The number of rotatable bonds is 12. The molecular formula is C26H38N2O10. The number of benzene rings is 1. The van der Waals surface area contributed by atoms with Crippen LogP contribution in [0.1, 0.15) is 74.4 Å². The van der Waals surface area contributed by atoms with Crippen molar-refractivity contribution in [1.29, 1.82) is 0 Å². The number of fused-ring (bicyclic) bond motifs is 1. The number of nitrogens with two attached hydrogens (primary N) is 1. The van der Waals surface area contributed by atoms with Crippen molar-refractivity contribution >= 4 is 23.4 Å². The molecule has 1 aliphatic rings. The summed E-state index contributed by atoms with van der Waals surface area (Å²) in [5.74, 6) is -3.73. The summed E-state index contributed by atoms with van der Waals surface area (Å²) >= 11 is 0. The third-order valence-corrected chi connectivity index (χ3v) is 6.74. The first-order valence-electron chi connectivity index (χ1n) is 12.3. The monoisotopic (exact) mass is 538 g/mol. The molecule has 212 valence electrons. The van der Waals surface area contributed by atoms with Gasteiger partial charge >= 0.3 is 0 Å². The molecule has 0 saturated heterocycles. The number of carbonyl (C=O) groups is 4. The molecular weight excluding hydrogens is 500 g/mol. The highest BCUT2D eigenvalue weighted by Crippen LogP contribution is 2.43. The van der Waals surface area contributed by atoms with Gasteiger partial charge in [-0.2, -0.15) is 0 Å². The van der Waals surface area contributed by atoms with Crippen LogP contribution < -0.4 is 11.1 Å². The number of nitrogens with one attached hydrogen (secondary N) is 1. The summed E-state index contributed by atoms with van der Waals surface area (Å²) in [5.41, 5.74) is -2.52. The van der Waals surface area contributed by atoms with E-state index in [1.165, 1.54) is 12.1 Å². The molecule has 3 atom stereocenters. The van der Waals surface area contributed by atoms with E-state index in [1.807, 2.05) is 20.8 Å². The molecule has 0 spiro atoms. The first kappa shape index (κ1) is 31.3. The van der Waals surface area contributed by atoms with Crippen molar-refractivity contribution in [1.82, 2.24) is 5.32 Å². The van der Waals surface area contributed by atoms with Crippen LogP contribution in [0, 0.1) is 0 Å². The molecule has 0 fully saturated rings. The third kappa shape index (κ3) is 6.94. The number of hydrogen-bond acceptors (Lipinski definition) is 10. The number of phenols is 1. The number of ketones is 2. The van der Waals surface area contributed by atoms with Gasteiger partial charge in [-0.25, -0.2) is 0 Å². The lowest BCUT2D eigenvalue weighted by molar-refractivity contribution is -0.204. The summed E-state index contributed by atoms with van der Waals surface area (Å²) in [6, 6.07) is 2.82. The number of amides is 2. The Morgan fingerprint density at radius 3 is 2.26 bits per heavy atom. The SMILES string of the molecule is CC(C)(C)NC(=O)CCc1ccc(O)c2c1CC(O)(CC(O)(CCO)[C@](O)(CO)C(=O)CC(N)=O)CC2=O. The summed E-state index contributed by atoms with van der Waals surface area (Å²) in [6.45, 7) is 3.33. The van der Waals surface area contributed by atoms with Gasteiger partial charge in [0.2, 0.25) is 11.8 Å². The fourth-order valence-electron chi connectivity index (χ4n) is 5.03. The fourth-order valence-corrected chi connectivity index (χ4v) is 5.03. The lowest BCUT2D eigenvalue weighted by atomic mass is 9.66. The Balaban J connectivity index is 2.46. The number of phenolic OH excluding ortho intramolecular Hbond substituents is 1. The maximum atomic E-state index is 13.1. The minimum absolute atomic E-state index is 0.0431. The average Bonchev–Trinajstić information content (AvgIpc) is 2.75. The lowest BCUT2D eigenvalue weighted by Crippen LogP contribution is -2.65. The van der Waals surface area contributed by atoms with Gasteiger partial charge in [-0.3, -0.25) is 19.2 Å². The van der Waals surface area contributed by atoms with Gasteiger partial charge < -0.3 is 41.7 Å². The van der Waals surface area contributed by atoms with E-state index in [9.17, 15) is 49.8 Å². The predicted molar refractivity (Wildman–Crippen MR) is 134 cm³/mol. The molecule has 0 bridgehead atoms. The molecule has 0 aromatic heterocycles. The molecule has 1 aliphatic carbocycles. The van der Waals surface area contributed by atoms with Crippen LogP contribution in [-0.4, -0.2) is 89.6 Å². The first-order chi connectivity index (χ1) is 17.4. The highest BCUT2D eigenvalue weighted by atomic mass is 16.4. The van der Waals surface area contributed by atoms with Crippen molar-refractivity contribution in [2.75, 3.05) is 13.2 Å². The van der Waals surface area contributed by atoms with Crippen molar-refractivity contribution in [2.24, 2.45) is 5.73 Å². The van der Waals surface area contributed by atoms with E-state index in [1.54, 1.807) is 0 Å². The van der Waals surface area contributed by atoms with Crippen LogP contribution in [0.5, 0.6) is 5.75 Å². The molecule has 0 radical (unpaired) electrons. The van der Waals surface area contributed by atoms with E-state index in [0.29, 0.717) is 5.56 Å². The highest BCUT2D eigenvalue weighted by molar-refractivity contribution is 6.03. The van der Waals surface area contributed by atoms with Gasteiger partial charge in [0.15, 0.2) is 17.2 Å². The average molecular weight is 539 g/mol. The standard InChI is InChI=1S/C26H38N2O10/c1-23(2,3)28-21(35)7-5-15-4-6-17(31)22-16(15)11-24(36,12-18(22)32)13-25(37,8-9-29)26(38,14-30)19(33)10-20(27)34/h4,6,29-31,36-38H,5,7-14H2,1-3H3,(H2,27,34)(H,28,35)/t24?,25?,26-/m0/s1. The maximum absolute atomic E-state index is 13.1. The maximum Gasteiger partial charge on any atom is 0.224 e. The van der Waals surface area contributed by atoms with Crippen molar-refractivity contribution in [3.8, 4) is 5.75 Å². The van der Waals surface area contributed by atoms with E-state index in [0.717, 1.165) is 0 Å². The van der Waals surface area contributed by atoms with Crippen LogP contribution in [0.2, 0.25) is 0 Å². The molecule has 2 amide bonds. The van der Waals surface area contributed by atoms with Crippen LogP contribution >= 0.6 is 0 Å². The normalized spacial score (nSPS) is 20.7. The Hall–Kier alpha value is -2.90. The summed E-state index contributed by atoms with van der Waals surface area (Å²) in [4.78, 5) is 49.3. The smallest absolute Gasteiger partial charge is 0.224 e. The van der Waals surface area contributed by atoms with Crippen molar-refractivity contribution in [2.45, 2.75) is 88.1 Å². The Labute approximate surface area is 220 Å². The van der Waals surface area contributed by atoms with Crippen LogP contribution in [0.3, 0.4) is 0 Å². The number of hydrogen-bond donors (Lipinski definition) is 8. The van der Waals surface area contributed by atoms with Crippen molar-refractivity contribution in [3.05, 3.63) is 28.8 Å². The molecule has 38 heavy (non-hydrogen) atoms. The number of primary amides is 1. The van der Waals surface area contributed by atoms with Crippen LogP contribution in [-0.2, 0) is 27.2 Å². The zero-order valence-corrected chi connectivity index (χ0v) is 21.9. The van der Waals surface area contributed by atoms with Gasteiger partial charge in [0.25, 0.3) is 0 Å². The Bertz CT molecular complexity index is 1100. The molecule has 0 aliphatic heterocycles. The number of aliphatic hydroxyl groups excluding tert-OH is 2. The van der Waals surface area contributed by atoms with Crippen molar-refractivity contribution < 1.29 is 49.8 Å². The minimum atomic E-state index is -2.99. The van der Waals surface area contributed by atoms with E-state index in [4.69, 9.17) is 5.73 Å². The van der Waals surface area contributed by atoms with E-state index in [2.05, 4.69) is 5.32 Å². The van der Waals surface area contributed by atoms with Gasteiger partial charge in [0.1, 0.15) is 11.4 Å². The second kappa shape index (κ2) is 11.5. The largest absolute Gasteiger partial charge is 0.507 e. The molecule has 2 rings (SSSR count). The molecule has 12 heteroatoms. The second-order valence-electron chi connectivity index (χ2n) is 11.2. The molecule has 1 aromatic carbocycles. The van der Waals surface area contributed by atoms with Gasteiger partial charge in [-0.05, 0) is 44.4 Å². The molecule has 9 N–H and O–H groups in total. The summed E-state index contributed by atoms with van der Waals surface area (Å²) in [6.07, 6.45) is -3.32. The van der Waals surface area contributed by atoms with Gasteiger partial charge in [0, 0.05) is 44.2 Å². The summed E-state index contributed by atoms with van der Waals surface area (Å²) < 4.78 is 0. The van der Waals surface area contributed by atoms with E-state index < -0.39 is 78.7 Å².